The smallest absolute Gasteiger partial charge is 0.420 e. The van der Waals surface area contributed by atoms with Crippen LogP contribution in [0.1, 0.15) is 36.8 Å². The van der Waals surface area contributed by atoms with Crippen molar-refractivity contribution in [1.82, 2.24) is 0 Å². The van der Waals surface area contributed by atoms with E-state index in [-0.39, 0.29) is 17.9 Å². The Labute approximate surface area is 116 Å². The highest BCUT2D eigenvalue weighted by molar-refractivity contribution is 5.43. The lowest BCUT2D eigenvalue weighted by atomic mass is 10.1. The van der Waals surface area contributed by atoms with Gasteiger partial charge in [-0.2, -0.15) is 18.4 Å². The minimum Gasteiger partial charge on any atom is -0.493 e. The Morgan fingerprint density at radius 3 is 2.60 bits per heavy atom. The average molecular weight is 283 g/mol. The fourth-order valence-corrected chi connectivity index (χ4v) is 1.70. The lowest BCUT2D eigenvalue weighted by molar-refractivity contribution is -0.139. The third-order valence-electron chi connectivity index (χ3n) is 2.72. The fraction of sp³-hybridized carbons (Fsp3) is 0.400. The van der Waals surface area contributed by atoms with Crippen LogP contribution >= 0.6 is 0 Å². The van der Waals surface area contributed by atoms with E-state index in [0.717, 1.165) is 25.3 Å². The molecule has 5 heteroatoms. The van der Waals surface area contributed by atoms with Gasteiger partial charge in [-0.15, -0.1) is 6.58 Å². The van der Waals surface area contributed by atoms with Crippen molar-refractivity contribution in [1.29, 1.82) is 5.26 Å². The van der Waals surface area contributed by atoms with Crippen molar-refractivity contribution in [3.8, 4) is 11.8 Å². The Bertz CT molecular complexity index is 489. The van der Waals surface area contributed by atoms with Crippen LogP contribution in [0.25, 0.3) is 0 Å². The van der Waals surface area contributed by atoms with E-state index in [1.54, 1.807) is 6.07 Å². The van der Waals surface area contributed by atoms with Crippen LogP contribution in [0, 0.1) is 11.3 Å². The van der Waals surface area contributed by atoms with E-state index in [4.69, 9.17) is 10.00 Å². The van der Waals surface area contributed by atoms with Gasteiger partial charge in [-0.1, -0.05) is 6.08 Å². The van der Waals surface area contributed by atoms with Crippen molar-refractivity contribution < 1.29 is 17.9 Å². The van der Waals surface area contributed by atoms with Crippen LogP contribution in [-0.4, -0.2) is 6.61 Å². The van der Waals surface area contributed by atoms with Crippen LogP contribution < -0.4 is 4.74 Å². The second-order valence-corrected chi connectivity index (χ2v) is 4.31. The standard InChI is InChI=1S/C15H16F3NO/c1-2-3-4-5-6-9-20-14-8-7-12(11-19)10-13(14)15(16,17)18/h2,7-8,10H,1,3-6,9H2. The number of allylic oxidation sites excluding steroid dienone is 1. The number of ether oxygens (including phenoxy) is 1. The highest BCUT2D eigenvalue weighted by Crippen LogP contribution is 2.36. The van der Waals surface area contributed by atoms with Crippen molar-refractivity contribution in [3.05, 3.63) is 42.0 Å². The molecule has 0 aliphatic heterocycles. The van der Waals surface area contributed by atoms with Crippen LogP contribution in [0.3, 0.4) is 0 Å². The van der Waals surface area contributed by atoms with Gasteiger partial charge in [0.25, 0.3) is 0 Å². The normalized spacial score (nSPS) is 10.9. The Hall–Kier alpha value is -1.96. The molecule has 0 unspecified atom stereocenters. The molecule has 0 spiro atoms. The third-order valence-corrected chi connectivity index (χ3v) is 2.72. The molecule has 1 rings (SSSR count). The monoisotopic (exact) mass is 283 g/mol. The van der Waals surface area contributed by atoms with Gasteiger partial charge < -0.3 is 4.74 Å². The van der Waals surface area contributed by atoms with Gasteiger partial charge in [0.05, 0.1) is 23.8 Å². The summed E-state index contributed by atoms with van der Waals surface area (Å²) in [6, 6.07) is 5.03. The first-order valence-corrected chi connectivity index (χ1v) is 6.34. The van der Waals surface area contributed by atoms with Gasteiger partial charge in [0.2, 0.25) is 0 Å². The predicted molar refractivity (Wildman–Crippen MR) is 70.3 cm³/mol. The summed E-state index contributed by atoms with van der Waals surface area (Å²) in [7, 11) is 0. The molecule has 0 fully saturated rings. The Balaban J connectivity index is 2.65. The maximum absolute atomic E-state index is 12.8. The molecule has 0 aliphatic carbocycles. The number of unbranched alkanes of at least 4 members (excludes halogenated alkanes) is 3. The van der Waals surface area contributed by atoms with Crippen molar-refractivity contribution in [2.75, 3.05) is 6.61 Å². The van der Waals surface area contributed by atoms with E-state index < -0.39 is 11.7 Å². The first-order chi connectivity index (χ1) is 9.49. The fourth-order valence-electron chi connectivity index (χ4n) is 1.70. The summed E-state index contributed by atoms with van der Waals surface area (Å²) in [5, 5.41) is 8.65. The highest BCUT2D eigenvalue weighted by atomic mass is 19.4. The SMILES string of the molecule is C=CCCCCCOc1ccc(C#N)cc1C(F)(F)F. The third kappa shape index (κ3) is 4.96. The van der Waals surface area contributed by atoms with E-state index >= 15 is 0 Å². The molecule has 0 atom stereocenters. The van der Waals surface area contributed by atoms with Gasteiger partial charge in [0, 0.05) is 0 Å². The molecule has 0 bridgehead atoms. The van der Waals surface area contributed by atoms with Crippen molar-refractivity contribution in [2.45, 2.75) is 31.9 Å². The zero-order chi connectivity index (χ0) is 15.0. The van der Waals surface area contributed by atoms with Gasteiger partial charge in [-0.05, 0) is 43.9 Å². The molecule has 0 saturated carbocycles. The molecule has 108 valence electrons. The van der Waals surface area contributed by atoms with Gasteiger partial charge in [-0.25, -0.2) is 0 Å². The van der Waals surface area contributed by atoms with Crippen LogP contribution in [-0.2, 0) is 6.18 Å². The maximum atomic E-state index is 12.8. The summed E-state index contributed by atoms with van der Waals surface area (Å²) in [4.78, 5) is 0. The van der Waals surface area contributed by atoms with E-state index in [0.29, 0.717) is 6.42 Å². The summed E-state index contributed by atoms with van der Waals surface area (Å²) in [6.07, 6.45) is 0.695. The van der Waals surface area contributed by atoms with Crippen LogP contribution in [0.4, 0.5) is 13.2 Å². The second-order valence-electron chi connectivity index (χ2n) is 4.31. The molecule has 1 aromatic carbocycles. The lowest BCUT2D eigenvalue weighted by Crippen LogP contribution is -2.10. The number of nitrogens with zero attached hydrogens (tertiary/aromatic N) is 1. The molecule has 0 N–H and O–H groups in total. The molecular formula is C15H16F3NO. The number of alkyl halides is 3. The van der Waals surface area contributed by atoms with E-state index in [1.165, 1.54) is 12.1 Å². The summed E-state index contributed by atoms with van der Waals surface area (Å²) in [5.41, 5.74) is -0.932. The minimum atomic E-state index is -4.52. The molecule has 20 heavy (non-hydrogen) atoms. The largest absolute Gasteiger partial charge is 0.493 e. The number of nitriles is 1. The quantitative estimate of drug-likeness (QED) is 0.536. The minimum absolute atomic E-state index is 0.0318. The first-order valence-electron chi connectivity index (χ1n) is 6.34. The van der Waals surface area contributed by atoms with Crippen LogP contribution in [0.5, 0.6) is 5.75 Å². The highest BCUT2D eigenvalue weighted by Gasteiger charge is 2.34. The van der Waals surface area contributed by atoms with E-state index in [1.807, 2.05) is 6.08 Å². The molecule has 0 aliphatic rings. The number of benzene rings is 1. The molecule has 0 radical (unpaired) electrons. The Morgan fingerprint density at radius 1 is 1.25 bits per heavy atom. The molecule has 2 nitrogen and oxygen atoms in total. The number of rotatable bonds is 7. The lowest BCUT2D eigenvalue weighted by Gasteiger charge is -2.14. The Morgan fingerprint density at radius 2 is 2.00 bits per heavy atom. The molecule has 0 heterocycles. The van der Waals surface area contributed by atoms with Crippen molar-refractivity contribution in [3.63, 3.8) is 0 Å². The topological polar surface area (TPSA) is 33.0 Å². The van der Waals surface area contributed by atoms with Gasteiger partial charge in [-0.3, -0.25) is 0 Å². The summed E-state index contributed by atoms with van der Waals surface area (Å²) < 4.78 is 43.7. The van der Waals surface area contributed by atoms with Crippen molar-refractivity contribution >= 4 is 0 Å². The molecule has 1 aromatic rings. The van der Waals surface area contributed by atoms with Gasteiger partial charge >= 0.3 is 6.18 Å². The molecule has 0 amide bonds. The summed E-state index contributed by atoms with van der Waals surface area (Å²) in [5.74, 6) is -0.222. The molecular weight excluding hydrogens is 267 g/mol. The van der Waals surface area contributed by atoms with Gasteiger partial charge in [0.15, 0.2) is 0 Å². The maximum Gasteiger partial charge on any atom is 0.420 e. The average Bonchev–Trinajstić information content (AvgIpc) is 2.41. The Kier molecular flexibility index (Phi) is 6.10. The molecule has 0 aromatic heterocycles. The summed E-state index contributed by atoms with van der Waals surface area (Å²) >= 11 is 0. The summed E-state index contributed by atoms with van der Waals surface area (Å²) in [6.45, 7) is 3.83. The first kappa shape index (κ1) is 16.1. The zero-order valence-electron chi connectivity index (χ0n) is 11.0. The van der Waals surface area contributed by atoms with Crippen molar-refractivity contribution in [2.24, 2.45) is 0 Å². The van der Waals surface area contributed by atoms with Crippen LogP contribution in [0.15, 0.2) is 30.9 Å². The van der Waals surface area contributed by atoms with E-state index in [2.05, 4.69) is 6.58 Å². The van der Waals surface area contributed by atoms with Crippen LogP contribution in [0.2, 0.25) is 0 Å². The number of hydrogen-bond donors (Lipinski definition) is 0. The number of hydrogen-bond acceptors (Lipinski definition) is 2. The van der Waals surface area contributed by atoms with Gasteiger partial charge in [0.1, 0.15) is 5.75 Å². The molecule has 0 saturated heterocycles. The second kappa shape index (κ2) is 7.59. The predicted octanol–water partition coefficient (Wildman–Crippen LogP) is 4.70. The van der Waals surface area contributed by atoms with E-state index in [9.17, 15) is 13.2 Å². The number of halogens is 3. The zero-order valence-corrected chi connectivity index (χ0v) is 11.0.